The van der Waals surface area contributed by atoms with Gasteiger partial charge in [0.15, 0.2) is 0 Å². The lowest BCUT2D eigenvalue weighted by Crippen LogP contribution is -2.41. The number of hydrogen-bond acceptors (Lipinski definition) is 5. The standard InChI is InChI=1S/C14H17N3O2S/c15-11-3-1-2-10-12(11)14(19)17(13(10)18)5-4-16-6-8-20-9-7-16/h1-3H,4-9,15H2. The van der Waals surface area contributed by atoms with Crippen molar-refractivity contribution in [3.63, 3.8) is 0 Å². The third-order valence-corrected chi connectivity index (χ3v) is 4.72. The zero-order valence-electron chi connectivity index (χ0n) is 11.2. The van der Waals surface area contributed by atoms with Crippen LogP contribution >= 0.6 is 11.8 Å². The second kappa shape index (κ2) is 5.46. The number of imide groups is 1. The van der Waals surface area contributed by atoms with Crippen molar-refractivity contribution >= 4 is 29.3 Å². The van der Waals surface area contributed by atoms with Gasteiger partial charge in [-0.3, -0.25) is 19.4 Å². The minimum absolute atomic E-state index is 0.219. The third-order valence-electron chi connectivity index (χ3n) is 3.77. The fraction of sp³-hybridized carbons (Fsp3) is 0.429. The maximum absolute atomic E-state index is 12.3. The fourth-order valence-electron chi connectivity index (χ4n) is 2.63. The first kappa shape index (κ1) is 13.5. The highest BCUT2D eigenvalue weighted by Crippen LogP contribution is 2.27. The summed E-state index contributed by atoms with van der Waals surface area (Å²) >= 11 is 1.94. The van der Waals surface area contributed by atoms with Crippen molar-refractivity contribution in [2.75, 3.05) is 43.4 Å². The van der Waals surface area contributed by atoms with E-state index in [1.54, 1.807) is 18.2 Å². The average molecular weight is 291 g/mol. The maximum atomic E-state index is 12.3. The van der Waals surface area contributed by atoms with Crippen molar-refractivity contribution in [1.29, 1.82) is 0 Å². The van der Waals surface area contributed by atoms with Crippen LogP contribution in [0.4, 0.5) is 5.69 Å². The van der Waals surface area contributed by atoms with Crippen molar-refractivity contribution in [1.82, 2.24) is 9.80 Å². The normalized spacial score (nSPS) is 19.5. The molecule has 0 aromatic heterocycles. The number of benzene rings is 1. The van der Waals surface area contributed by atoms with Crippen molar-refractivity contribution in [3.8, 4) is 0 Å². The Morgan fingerprint density at radius 1 is 1.10 bits per heavy atom. The fourth-order valence-corrected chi connectivity index (χ4v) is 3.61. The van der Waals surface area contributed by atoms with Crippen LogP contribution in [0.25, 0.3) is 0 Å². The van der Waals surface area contributed by atoms with Crippen LogP contribution in [0.15, 0.2) is 18.2 Å². The zero-order valence-corrected chi connectivity index (χ0v) is 12.0. The lowest BCUT2D eigenvalue weighted by molar-refractivity contribution is 0.0638. The SMILES string of the molecule is Nc1cccc2c1C(=O)N(CCN1CCSCC1)C2=O. The molecule has 1 fully saturated rings. The third kappa shape index (κ3) is 2.29. The number of rotatable bonds is 3. The number of nitrogens with zero attached hydrogens (tertiary/aromatic N) is 2. The van der Waals surface area contributed by atoms with E-state index in [0.29, 0.717) is 23.4 Å². The molecule has 0 radical (unpaired) electrons. The monoisotopic (exact) mass is 291 g/mol. The van der Waals surface area contributed by atoms with Gasteiger partial charge in [0, 0.05) is 43.4 Å². The van der Waals surface area contributed by atoms with Gasteiger partial charge in [-0.15, -0.1) is 0 Å². The Hall–Kier alpha value is -1.53. The summed E-state index contributed by atoms with van der Waals surface area (Å²) in [5.74, 6) is 1.77. The predicted molar refractivity (Wildman–Crippen MR) is 80.0 cm³/mol. The van der Waals surface area contributed by atoms with Crippen LogP contribution in [-0.4, -0.2) is 59.3 Å². The Morgan fingerprint density at radius 3 is 2.55 bits per heavy atom. The van der Waals surface area contributed by atoms with Gasteiger partial charge >= 0.3 is 0 Å². The van der Waals surface area contributed by atoms with E-state index in [9.17, 15) is 9.59 Å². The van der Waals surface area contributed by atoms with E-state index in [-0.39, 0.29) is 11.8 Å². The summed E-state index contributed by atoms with van der Waals surface area (Å²) in [5, 5.41) is 0. The number of anilines is 1. The van der Waals surface area contributed by atoms with Gasteiger partial charge in [-0.05, 0) is 12.1 Å². The number of carbonyl (C=O) groups is 2. The van der Waals surface area contributed by atoms with Crippen LogP contribution in [-0.2, 0) is 0 Å². The van der Waals surface area contributed by atoms with E-state index >= 15 is 0 Å². The van der Waals surface area contributed by atoms with E-state index in [1.165, 1.54) is 4.90 Å². The number of fused-ring (bicyclic) bond motifs is 1. The largest absolute Gasteiger partial charge is 0.398 e. The number of carbonyl (C=O) groups excluding carboxylic acids is 2. The summed E-state index contributed by atoms with van der Waals surface area (Å²) in [4.78, 5) is 28.2. The Bertz CT molecular complexity index is 555. The molecule has 0 saturated carbocycles. The topological polar surface area (TPSA) is 66.6 Å². The van der Waals surface area contributed by atoms with Gasteiger partial charge in [0.05, 0.1) is 11.1 Å². The summed E-state index contributed by atoms with van der Waals surface area (Å²) in [7, 11) is 0. The van der Waals surface area contributed by atoms with E-state index in [2.05, 4.69) is 4.90 Å². The van der Waals surface area contributed by atoms with Crippen molar-refractivity contribution < 1.29 is 9.59 Å². The summed E-state index contributed by atoms with van der Waals surface area (Å²) in [6.45, 7) is 3.23. The van der Waals surface area contributed by atoms with Crippen molar-refractivity contribution in [3.05, 3.63) is 29.3 Å². The number of amides is 2. The molecule has 2 heterocycles. The number of hydrogen-bond donors (Lipinski definition) is 1. The molecule has 5 nitrogen and oxygen atoms in total. The van der Waals surface area contributed by atoms with Crippen molar-refractivity contribution in [2.45, 2.75) is 0 Å². The minimum atomic E-state index is -0.255. The first-order valence-corrected chi connectivity index (χ1v) is 7.89. The highest BCUT2D eigenvalue weighted by atomic mass is 32.2. The van der Waals surface area contributed by atoms with Gasteiger partial charge in [0.1, 0.15) is 0 Å². The van der Waals surface area contributed by atoms with Crippen LogP contribution in [0.2, 0.25) is 0 Å². The molecule has 2 amide bonds. The molecule has 106 valence electrons. The molecule has 0 unspecified atom stereocenters. The maximum Gasteiger partial charge on any atom is 0.263 e. The number of thioether (sulfide) groups is 1. The van der Waals surface area contributed by atoms with E-state index < -0.39 is 0 Å². The molecule has 2 aliphatic rings. The van der Waals surface area contributed by atoms with E-state index in [4.69, 9.17) is 5.73 Å². The lowest BCUT2D eigenvalue weighted by Gasteiger charge is -2.27. The summed E-state index contributed by atoms with van der Waals surface area (Å²) in [6, 6.07) is 5.05. The second-order valence-electron chi connectivity index (χ2n) is 4.99. The quantitative estimate of drug-likeness (QED) is 0.662. The first-order chi connectivity index (χ1) is 9.68. The molecule has 1 aromatic carbocycles. The smallest absolute Gasteiger partial charge is 0.263 e. The molecule has 1 aromatic rings. The Labute approximate surface area is 122 Å². The van der Waals surface area contributed by atoms with Crippen molar-refractivity contribution in [2.24, 2.45) is 0 Å². The van der Waals surface area contributed by atoms with Crippen LogP contribution in [0.1, 0.15) is 20.7 Å². The Kier molecular flexibility index (Phi) is 3.67. The van der Waals surface area contributed by atoms with Gasteiger partial charge in [-0.25, -0.2) is 0 Å². The molecular formula is C14H17N3O2S. The molecule has 6 heteroatoms. The molecular weight excluding hydrogens is 274 g/mol. The van der Waals surface area contributed by atoms with Gasteiger partial charge in [0.2, 0.25) is 0 Å². The highest BCUT2D eigenvalue weighted by Gasteiger charge is 2.36. The summed E-state index contributed by atoms with van der Waals surface area (Å²) in [5.41, 5.74) is 7.00. The Balaban J connectivity index is 1.71. The molecule has 3 rings (SSSR count). The van der Waals surface area contributed by atoms with E-state index in [0.717, 1.165) is 31.1 Å². The molecule has 2 N–H and O–H groups in total. The van der Waals surface area contributed by atoms with Crippen LogP contribution in [0.3, 0.4) is 0 Å². The van der Waals surface area contributed by atoms with Gasteiger partial charge in [0.25, 0.3) is 11.8 Å². The van der Waals surface area contributed by atoms with E-state index in [1.807, 2.05) is 11.8 Å². The van der Waals surface area contributed by atoms with Gasteiger partial charge in [-0.2, -0.15) is 11.8 Å². The number of nitrogen functional groups attached to an aromatic ring is 1. The molecule has 20 heavy (non-hydrogen) atoms. The average Bonchev–Trinajstić information content (AvgIpc) is 2.71. The zero-order chi connectivity index (χ0) is 14.1. The van der Waals surface area contributed by atoms with Crippen LogP contribution < -0.4 is 5.73 Å². The summed E-state index contributed by atoms with van der Waals surface area (Å²) in [6.07, 6.45) is 0. The lowest BCUT2D eigenvalue weighted by atomic mass is 10.1. The predicted octanol–water partition coefficient (Wildman–Crippen LogP) is 0.914. The Morgan fingerprint density at radius 2 is 1.85 bits per heavy atom. The second-order valence-corrected chi connectivity index (χ2v) is 6.21. The van der Waals surface area contributed by atoms with Gasteiger partial charge < -0.3 is 5.73 Å². The molecule has 0 aliphatic carbocycles. The van der Waals surface area contributed by atoms with Crippen LogP contribution in [0, 0.1) is 0 Å². The molecule has 0 bridgehead atoms. The molecule has 0 spiro atoms. The van der Waals surface area contributed by atoms with Crippen LogP contribution in [0.5, 0.6) is 0 Å². The van der Waals surface area contributed by atoms with Gasteiger partial charge in [-0.1, -0.05) is 6.07 Å². The summed E-state index contributed by atoms with van der Waals surface area (Å²) < 4.78 is 0. The number of nitrogens with two attached hydrogens (primary N) is 1. The molecule has 0 atom stereocenters. The molecule has 1 saturated heterocycles. The minimum Gasteiger partial charge on any atom is -0.398 e. The first-order valence-electron chi connectivity index (χ1n) is 6.73. The molecule has 2 aliphatic heterocycles. The highest BCUT2D eigenvalue weighted by molar-refractivity contribution is 7.99.